The van der Waals surface area contributed by atoms with Crippen LogP contribution in [0.4, 0.5) is 0 Å². The predicted molar refractivity (Wildman–Crippen MR) is 77.5 cm³/mol. The molecule has 0 heterocycles. The molecule has 0 amide bonds. The second-order valence-electron chi connectivity index (χ2n) is 4.31. The van der Waals surface area contributed by atoms with E-state index >= 15 is 0 Å². The van der Waals surface area contributed by atoms with Crippen molar-refractivity contribution in [2.24, 2.45) is 0 Å². The minimum absolute atomic E-state index is 0.114. The average Bonchev–Trinajstić information content (AvgIpc) is 2.36. The number of allylic oxidation sites excluding steroid dienone is 2. The van der Waals surface area contributed by atoms with Crippen molar-refractivity contribution in [2.75, 3.05) is 6.61 Å². The molecule has 0 aromatic heterocycles. The summed E-state index contributed by atoms with van der Waals surface area (Å²) in [4.78, 5) is 0.188. The normalized spacial score (nSPS) is 11.9. The number of aryl methyl sites for hydroxylation is 1. The van der Waals surface area contributed by atoms with Gasteiger partial charge in [-0.2, -0.15) is 8.42 Å². The topological polar surface area (TPSA) is 43.4 Å². The average molecular weight is 280 g/mol. The monoisotopic (exact) mass is 280 g/mol. The van der Waals surface area contributed by atoms with Crippen molar-refractivity contribution in [3.8, 4) is 0 Å². The first-order valence-corrected chi connectivity index (χ1v) is 7.67. The summed E-state index contributed by atoms with van der Waals surface area (Å²) < 4.78 is 28.7. The molecule has 0 atom stereocenters. The summed E-state index contributed by atoms with van der Waals surface area (Å²) in [5.74, 6) is 0. The van der Waals surface area contributed by atoms with Gasteiger partial charge in [-0.05, 0) is 31.9 Å². The van der Waals surface area contributed by atoms with E-state index in [1.165, 1.54) is 0 Å². The van der Waals surface area contributed by atoms with E-state index in [1.54, 1.807) is 24.3 Å². The van der Waals surface area contributed by atoms with Gasteiger partial charge in [-0.15, -0.1) is 0 Å². The highest BCUT2D eigenvalue weighted by molar-refractivity contribution is 7.86. The van der Waals surface area contributed by atoms with Gasteiger partial charge in [-0.1, -0.05) is 48.9 Å². The third-order valence-electron chi connectivity index (χ3n) is 2.56. The molecule has 0 fully saturated rings. The first kappa shape index (κ1) is 15.7. The van der Waals surface area contributed by atoms with E-state index < -0.39 is 10.1 Å². The van der Waals surface area contributed by atoms with Gasteiger partial charge in [-0.25, -0.2) is 0 Å². The molecule has 1 aromatic rings. The standard InChI is InChI=1S/C15H20O3S/c1-4-5-6-13(2)11-12-18-19(16,17)15-9-7-14(3)8-10-15/h5-10H,2,4,11-12H2,1,3H3/b6-5+. The highest BCUT2D eigenvalue weighted by atomic mass is 32.2. The van der Waals surface area contributed by atoms with Crippen LogP contribution < -0.4 is 0 Å². The fourth-order valence-electron chi connectivity index (χ4n) is 1.42. The number of hydrogen-bond donors (Lipinski definition) is 0. The van der Waals surface area contributed by atoms with E-state index in [4.69, 9.17) is 4.18 Å². The number of rotatable bonds is 7. The van der Waals surface area contributed by atoms with Crippen LogP contribution in [0.1, 0.15) is 25.3 Å². The molecule has 0 spiro atoms. The van der Waals surface area contributed by atoms with Gasteiger partial charge < -0.3 is 0 Å². The van der Waals surface area contributed by atoms with E-state index in [-0.39, 0.29) is 11.5 Å². The lowest BCUT2D eigenvalue weighted by Crippen LogP contribution is -2.07. The third-order valence-corrected chi connectivity index (χ3v) is 3.89. The Bertz CT molecular complexity index is 539. The number of hydrogen-bond acceptors (Lipinski definition) is 3. The molecule has 3 nitrogen and oxygen atoms in total. The molecule has 4 heteroatoms. The molecule has 19 heavy (non-hydrogen) atoms. The zero-order valence-corrected chi connectivity index (χ0v) is 12.2. The quantitative estimate of drug-likeness (QED) is 0.566. The maximum atomic E-state index is 11.9. The summed E-state index contributed by atoms with van der Waals surface area (Å²) in [7, 11) is -3.66. The van der Waals surface area contributed by atoms with Crippen molar-refractivity contribution in [1.29, 1.82) is 0 Å². The largest absolute Gasteiger partial charge is 0.296 e. The Balaban J connectivity index is 2.54. The summed E-state index contributed by atoms with van der Waals surface area (Å²) in [5.41, 5.74) is 1.87. The molecule has 0 bridgehead atoms. The molecule has 0 saturated heterocycles. The first-order valence-electron chi connectivity index (χ1n) is 6.26. The Morgan fingerprint density at radius 2 is 1.95 bits per heavy atom. The SMILES string of the molecule is C=C(/C=C/CC)CCOS(=O)(=O)c1ccc(C)cc1. The van der Waals surface area contributed by atoms with Gasteiger partial charge in [0.15, 0.2) is 0 Å². The smallest absolute Gasteiger partial charge is 0.266 e. The van der Waals surface area contributed by atoms with Crippen molar-refractivity contribution in [3.63, 3.8) is 0 Å². The predicted octanol–water partition coefficient (Wildman–Crippen LogP) is 3.61. The summed E-state index contributed by atoms with van der Waals surface area (Å²) >= 11 is 0. The molecule has 1 aromatic carbocycles. The maximum absolute atomic E-state index is 11.9. The highest BCUT2D eigenvalue weighted by Gasteiger charge is 2.14. The molecule has 0 radical (unpaired) electrons. The van der Waals surface area contributed by atoms with E-state index in [0.29, 0.717) is 6.42 Å². The van der Waals surface area contributed by atoms with Crippen LogP contribution in [0.15, 0.2) is 53.5 Å². The molecule has 0 aliphatic heterocycles. The van der Waals surface area contributed by atoms with Crippen molar-refractivity contribution in [3.05, 3.63) is 54.1 Å². The third kappa shape index (κ3) is 5.41. The van der Waals surface area contributed by atoms with Crippen LogP contribution in [0.3, 0.4) is 0 Å². The lowest BCUT2D eigenvalue weighted by Gasteiger charge is -2.06. The maximum Gasteiger partial charge on any atom is 0.296 e. The van der Waals surface area contributed by atoms with Gasteiger partial charge in [0.2, 0.25) is 0 Å². The lowest BCUT2D eigenvalue weighted by molar-refractivity contribution is 0.323. The molecule has 0 N–H and O–H groups in total. The summed E-state index contributed by atoms with van der Waals surface area (Å²) in [6, 6.07) is 6.60. The van der Waals surface area contributed by atoms with Crippen molar-refractivity contribution >= 4 is 10.1 Å². The summed E-state index contributed by atoms with van der Waals surface area (Å²) in [5, 5.41) is 0. The Labute approximate surface area is 115 Å². The number of benzene rings is 1. The summed E-state index contributed by atoms with van der Waals surface area (Å²) in [6.07, 6.45) is 5.31. The second kappa shape index (κ2) is 7.26. The van der Waals surface area contributed by atoms with Crippen LogP contribution in [0, 0.1) is 6.92 Å². The molecule has 0 saturated carbocycles. The molecule has 0 aliphatic carbocycles. The van der Waals surface area contributed by atoms with Crippen LogP contribution in [-0.2, 0) is 14.3 Å². The van der Waals surface area contributed by atoms with Gasteiger partial charge in [0.1, 0.15) is 0 Å². The van der Waals surface area contributed by atoms with Crippen LogP contribution >= 0.6 is 0 Å². The Kier molecular flexibility index (Phi) is 5.99. The summed E-state index contributed by atoms with van der Waals surface area (Å²) in [6.45, 7) is 7.88. The van der Waals surface area contributed by atoms with E-state index in [9.17, 15) is 8.42 Å². The van der Waals surface area contributed by atoms with Crippen LogP contribution in [-0.4, -0.2) is 15.0 Å². The van der Waals surface area contributed by atoms with Crippen molar-refractivity contribution < 1.29 is 12.6 Å². The minimum Gasteiger partial charge on any atom is -0.266 e. The van der Waals surface area contributed by atoms with Gasteiger partial charge in [0.05, 0.1) is 11.5 Å². The highest BCUT2D eigenvalue weighted by Crippen LogP contribution is 2.14. The molecular formula is C15H20O3S. The van der Waals surface area contributed by atoms with Crippen molar-refractivity contribution in [1.82, 2.24) is 0 Å². The fourth-order valence-corrected chi connectivity index (χ4v) is 2.33. The van der Waals surface area contributed by atoms with E-state index in [2.05, 4.69) is 6.58 Å². The first-order chi connectivity index (χ1) is 8.95. The lowest BCUT2D eigenvalue weighted by atomic mass is 10.2. The fraction of sp³-hybridized carbons (Fsp3) is 0.333. The molecule has 104 valence electrons. The van der Waals surface area contributed by atoms with Gasteiger partial charge in [0.25, 0.3) is 10.1 Å². The van der Waals surface area contributed by atoms with Gasteiger partial charge in [0, 0.05) is 0 Å². The zero-order chi connectivity index (χ0) is 14.3. The Hall–Kier alpha value is -1.39. The molecule has 1 rings (SSSR count). The van der Waals surface area contributed by atoms with E-state index in [1.807, 2.05) is 26.0 Å². The Morgan fingerprint density at radius 3 is 2.53 bits per heavy atom. The van der Waals surface area contributed by atoms with Crippen LogP contribution in [0.25, 0.3) is 0 Å². The van der Waals surface area contributed by atoms with Crippen LogP contribution in [0.5, 0.6) is 0 Å². The van der Waals surface area contributed by atoms with Crippen molar-refractivity contribution in [2.45, 2.75) is 31.6 Å². The zero-order valence-electron chi connectivity index (χ0n) is 11.4. The van der Waals surface area contributed by atoms with Gasteiger partial charge in [-0.3, -0.25) is 4.18 Å². The van der Waals surface area contributed by atoms with Gasteiger partial charge >= 0.3 is 0 Å². The van der Waals surface area contributed by atoms with Crippen LogP contribution in [0.2, 0.25) is 0 Å². The Morgan fingerprint density at radius 1 is 1.32 bits per heavy atom. The molecular weight excluding hydrogens is 260 g/mol. The van der Waals surface area contributed by atoms with E-state index in [0.717, 1.165) is 17.6 Å². The molecule has 0 unspecified atom stereocenters. The molecule has 0 aliphatic rings. The minimum atomic E-state index is -3.66. The second-order valence-corrected chi connectivity index (χ2v) is 5.92.